The highest BCUT2D eigenvalue weighted by atomic mass is 16.4. The van der Waals surface area contributed by atoms with Crippen molar-refractivity contribution in [2.75, 3.05) is 11.4 Å². The van der Waals surface area contributed by atoms with Crippen molar-refractivity contribution >= 4 is 35.4 Å². The Morgan fingerprint density at radius 3 is 1.94 bits per heavy atom. The number of carbonyl (C=O) groups is 2. The van der Waals surface area contributed by atoms with Crippen molar-refractivity contribution in [2.24, 2.45) is 0 Å². The number of carboxylic acids is 1. The van der Waals surface area contributed by atoms with Gasteiger partial charge in [-0.1, -0.05) is 78.9 Å². The van der Waals surface area contributed by atoms with Gasteiger partial charge in [0.2, 0.25) is 5.91 Å². The highest BCUT2D eigenvalue weighted by Crippen LogP contribution is 2.36. The maximum atomic E-state index is 13.3. The van der Waals surface area contributed by atoms with Crippen LogP contribution in [0.25, 0.3) is 12.2 Å². The first kappa shape index (κ1) is 20.6. The predicted molar refractivity (Wildman–Crippen MR) is 123 cm³/mol. The number of carbonyl (C=O) groups excluding carboxylic acids is 1. The van der Waals surface area contributed by atoms with Crippen LogP contribution < -0.4 is 10.2 Å². The molecule has 1 amide bonds. The van der Waals surface area contributed by atoms with Crippen molar-refractivity contribution in [1.29, 1.82) is 0 Å². The summed E-state index contributed by atoms with van der Waals surface area (Å²) in [6.07, 6.45) is 4.57. The second-order valence-corrected chi connectivity index (χ2v) is 7.46. The standard InChI is InChI=1S/C26H24N2O3/c29-25(16-17-27-22(26(30)31)18-19-8-2-1-3-9-19)28-23-12-6-4-10-20(23)14-15-21-11-5-7-13-24(21)28/h1-15,22,27H,16-18H2,(H,30,31)/t22-/m0/s1. The minimum Gasteiger partial charge on any atom is -0.480 e. The van der Waals surface area contributed by atoms with Crippen LogP contribution in [0.1, 0.15) is 23.1 Å². The van der Waals surface area contributed by atoms with Gasteiger partial charge < -0.3 is 10.4 Å². The Bertz CT molecular complexity index is 1060. The fourth-order valence-electron chi connectivity index (χ4n) is 3.80. The predicted octanol–water partition coefficient (Wildman–Crippen LogP) is 4.51. The fourth-order valence-corrected chi connectivity index (χ4v) is 3.80. The summed E-state index contributed by atoms with van der Waals surface area (Å²) in [5, 5.41) is 12.6. The van der Waals surface area contributed by atoms with Crippen molar-refractivity contribution in [3.05, 3.63) is 95.6 Å². The summed E-state index contributed by atoms with van der Waals surface area (Å²) in [5.74, 6) is -1.01. The van der Waals surface area contributed by atoms with Gasteiger partial charge in [0.05, 0.1) is 11.4 Å². The molecule has 4 rings (SSSR count). The molecule has 3 aromatic carbocycles. The molecule has 31 heavy (non-hydrogen) atoms. The Morgan fingerprint density at radius 2 is 1.35 bits per heavy atom. The van der Waals surface area contributed by atoms with E-state index in [0.717, 1.165) is 28.1 Å². The van der Waals surface area contributed by atoms with Crippen LogP contribution in [-0.2, 0) is 16.0 Å². The maximum Gasteiger partial charge on any atom is 0.321 e. The van der Waals surface area contributed by atoms with E-state index in [1.807, 2.05) is 91.0 Å². The minimum atomic E-state index is -0.925. The lowest BCUT2D eigenvalue weighted by atomic mass is 10.1. The zero-order chi connectivity index (χ0) is 21.6. The number of aliphatic carboxylic acids is 1. The Morgan fingerprint density at radius 1 is 0.806 bits per heavy atom. The van der Waals surface area contributed by atoms with E-state index in [4.69, 9.17) is 0 Å². The highest BCUT2D eigenvalue weighted by molar-refractivity contribution is 6.06. The summed E-state index contributed by atoms with van der Waals surface area (Å²) >= 11 is 0. The van der Waals surface area contributed by atoms with Crippen molar-refractivity contribution in [3.63, 3.8) is 0 Å². The number of fused-ring (bicyclic) bond motifs is 2. The molecule has 1 heterocycles. The number of rotatable bonds is 7. The van der Waals surface area contributed by atoms with E-state index in [1.54, 1.807) is 4.90 Å². The molecule has 3 aromatic rings. The van der Waals surface area contributed by atoms with E-state index in [0.29, 0.717) is 6.42 Å². The zero-order valence-corrected chi connectivity index (χ0v) is 17.1. The molecule has 5 nitrogen and oxygen atoms in total. The summed E-state index contributed by atoms with van der Waals surface area (Å²) in [7, 11) is 0. The van der Waals surface area contributed by atoms with E-state index >= 15 is 0 Å². The van der Waals surface area contributed by atoms with Gasteiger partial charge in [0.25, 0.3) is 0 Å². The first-order chi connectivity index (χ1) is 15.1. The lowest BCUT2D eigenvalue weighted by molar-refractivity contribution is -0.139. The molecule has 0 spiro atoms. The smallest absolute Gasteiger partial charge is 0.321 e. The lowest BCUT2D eigenvalue weighted by Gasteiger charge is -2.25. The first-order valence-electron chi connectivity index (χ1n) is 10.3. The summed E-state index contributed by atoms with van der Waals surface area (Å²) in [4.78, 5) is 26.7. The van der Waals surface area contributed by atoms with Gasteiger partial charge in [0, 0.05) is 13.0 Å². The molecule has 0 aliphatic carbocycles. The Balaban J connectivity index is 1.49. The van der Waals surface area contributed by atoms with Gasteiger partial charge in [-0.05, 0) is 35.2 Å². The number of carboxylic acid groups (broad SMARTS) is 1. The van der Waals surface area contributed by atoms with Gasteiger partial charge in [0.1, 0.15) is 6.04 Å². The number of benzene rings is 3. The van der Waals surface area contributed by atoms with Gasteiger partial charge in [-0.2, -0.15) is 0 Å². The average molecular weight is 412 g/mol. The Labute approximate surface area is 181 Å². The van der Waals surface area contributed by atoms with Crippen LogP contribution >= 0.6 is 0 Å². The maximum absolute atomic E-state index is 13.3. The number of hydrogen-bond donors (Lipinski definition) is 2. The van der Waals surface area contributed by atoms with Crippen LogP contribution in [0.2, 0.25) is 0 Å². The molecule has 1 aliphatic rings. The third-order valence-electron chi connectivity index (χ3n) is 5.36. The first-order valence-corrected chi connectivity index (χ1v) is 10.3. The molecule has 156 valence electrons. The molecule has 1 aliphatic heterocycles. The Hall–Kier alpha value is -3.70. The number of amides is 1. The van der Waals surface area contributed by atoms with Gasteiger partial charge in [-0.3, -0.25) is 14.5 Å². The molecular formula is C26H24N2O3. The zero-order valence-electron chi connectivity index (χ0n) is 17.1. The van der Waals surface area contributed by atoms with Gasteiger partial charge in [-0.15, -0.1) is 0 Å². The highest BCUT2D eigenvalue weighted by Gasteiger charge is 2.24. The van der Waals surface area contributed by atoms with E-state index in [-0.39, 0.29) is 18.9 Å². The molecule has 5 heteroatoms. The number of para-hydroxylation sites is 2. The monoisotopic (exact) mass is 412 g/mol. The molecule has 0 fully saturated rings. The van der Waals surface area contributed by atoms with Gasteiger partial charge in [-0.25, -0.2) is 0 Å². The largest absolute Gasteiger partial charge is 0.480 e. The molecule has 0 radical (unpaired) electrons. The SMILES string of the molecule is O=C(O)[C@H](Cc1ccccc1)NCCC(=O)N1c2ccccc2C=Cc2ccccc21. The van der Waals surface area contributed by atoms with Crippen LogP contribution in [0.4, 0.5) is 11.4 Å². The quantitative estimate of drug-likeness (QED) is 0.599. The number of nitrogens with one attached hydrogen (secondary N) is 1. The fraction of sp³-hybridized carbons (Fsp3) is 0.154. The van der Waals surface area contributed by atoms with Crippen LogP contribution in [-0.4, -0.2) is 29.6 Å². The van der Waals surface area contributed by atoms with E-state index in [2.05, 4.69) is 5.32 Å². The summed E-state index contributed by atoms with van der Waals surface area (Å²) in [6, 6.07) is 24.3. The molecule has 0 saturated heterocycles. The number of hydrogen-bond acceptors (Lipinski definition) is 3. The molecule has 1 atom stereocenters. The number of anilines is 2. The lowest BCUT2D eigenvalue weighted by Crippen LogP contribution is -2.40. The second-order valence-electron chi connectivity index (χ2n) is 7.46. The molecule has 2 N–H and O–H groups in total. The van der Waals surface area contributed by atoms with Crippen LogP contribution in [0.3, 0.4) is 0 Å². The molecule has 0 unspecified atom stereocenters. The van der Waals surface area contributed by atoms with Crippen molar-refractivity contribution in [2.45, 2.75) is 18.9 Å². The van der Waals surface area contributed by atoms with Gasteiger partial charge >= 0.3 is 5.97 Å². The number of nitrogens with zero attached hydrogens (tertiary/aromatic N) is 1. The van der Waals surface area contributed by atoms with Crippen LogP contribution in [0.15, 0.2) is 78.9 Å². The molecule has 0 aromatic heterocycles. The summed E-state index contributed by atoms with van der Waals surface area (Å²) < 4.78 is 0. The molecular weight excluding hydrogens is 388 g/mol. The van der Waals surface area contributed by atoms with E-state index in [1.165, 1.54) is 0 Å². The molecule has 0 bridgehead atoms. The van der Waals surface area contributed by atoms with E-state index < -0.39 is 12.0 Å². The normalized spacial score (nSPS) is 13.1. The Kier molecular flexibility index (Phi) is 6.24. The second kappa shape index (κ2) is 9.41. The van der Waals surface area contributed by atoms with Crippen molar-refractivity contribution in [3.8, 4) is 0 Å². The van der Waals surface area contributed by atoms with Crippen LogP contribution in [0, 0.1) is 0 Å². The van der Waals surface area contributed by atoms with E-state index in [9.17, 15) is 14.7 Å². The van der Waals surface area contributed by atoms with Crippen LogP contribution in [0.5, 0.6) is 0 Å². The van der Waals surface area contributed by atoms with Crippen molar-refractivity contribution < 1.29 is 14.7 Å². The summed E-state index contributed by atoms with van der Waals surface area (Å²) in [6.45, 7) is 0.275. The average Bonchev–Trinajstić information content (AvgIpc) is 2.96. The summed E-state index contributed by atoms with van der Waals surface area (Å²) in [5.41, 5.74) is 4.52. The topological polar surface area (TPSA) is 69.6 Å². The third kappa shape index (κ3) is 4.73. The van der Waals surface area contributed by atoms with Crippen molar-refractivity contribution in [1.82, 2.24) is 5.32 Å². The van der Waals surface area contributed by atoms with Gasteiger partial charge in [0.15, 0.2) is 0 Å². The minimum absolute atomic E-state index is 0.0834. The third-order valence-corrected chi connectivity index (χ3v) is 5.36. The molecule has 0 saturated carbocycles.